The highest BCUT2D eigenvalue weighted by molar-refractivity contribution is 5.25. The molecule has 21 heavy (non-hydrogen) atoms. The van der Waals surface area contributed by atoms with Crippen molar-refractivity contribution < 1.29 is 0 Å². The number of hydrogen-bond acceptors (Lipinski definition) is 3. The van der Waals surface area contributed by atoms with Crippen LogP contribution >= 0.6 is 0 Å². The summed E-state index contributed by atoms with van der Waals surface area (Å²) in [6, 6.07) is 2.37. The molecule has 0 fully saturated rings. The van der Waals surface area contributed by atoms with Crippen LogP contribution < -0.4 is 11.3 Å². The Morgan fingerprint density at radius 2 is 1.67 bits per heavy atom. The number of nitrogens with one attached hydrogen (secondary N) is 1. The molecule has 1 heterocycles. The lowest BCUT2D eigenvalue weighted by Crippen LogP contribution is -2.29. The fourth-order valence-electron chi connectivity index (χ4n) is 2.87. The zero-order valence-electron chi connectivity index (χ0n) is 14.1. The molecule has 3 N–H and O–H groups in total. The molecule has 0 radical (unpaired) electrons. The minimum Gasteiger partial charge on any atom is -0.271 e. The van der Waals surface area contributed by atoms with Crippen molar-refractivity contribution in [1.82, 2.24) is 10.4 Å². The first-order valence-corrected chi connectivity index (χ1v) is 8.58. The van der Waals surface area contributed by atoms with E-state index in [0.717, 1.165) is 12.1 Å². The van der Waals surface area contributed by atoms with Gasteiger partial charge in [-0.2, -0.15) is 0 Å². The highest BCUT2D eigenvalue weighted by atomic mass is 15.2. The predicted octanol–water partition coefficient (Wildman–Crippen LogP) is 4.73. The van der Waals surface area contributed by atoms with E-state index in [1.54, 1.807) is 0 Å². The molecular weight excluding hydrogens is 258 g/mol. The summed E-state index contributed by atoms with van der Waals surface area (Å²) in [5.41, 5.74) is 6.48. The van der Waals surface area contributed by atoms with E-state index in [0.29, 0.717) is 0 Å². The van der Waals surface area contributed by atoms with Crippen LogP contribution in [0.4, 0.5) is 0 Å². The van der Waals surface area contributed by atoms with Crippen molar-refractivity contribution in [2.75, 3.05) is 0 Å². The van der Waals surface area contributed by atoms with Gasteiger partial charge in [-0.05, 0) is 31.4 Å². The average molecular weight is 291 g/mol. The zero-order valence-corrected chi connectivity index (χ0v) is 14.1. The number of nitrogens with two attached hydrogens (primary N) is 1. The second-order valence-corrected chi connectivity index (χ2v) is 6.20. The summed E-state index contributed by atoms with van der Waals surface area (Å²) in [7, 11) is 0. The van der Waals surface area contributed by atoms with E-state index in [9.17, 15) is 0 Å². The van der Waals surface area contributed by atoms with Gasteiger partial charge >= 0.3 is 0 Å². The molecule has 0 bridgehead atoms. The van der Waals surface area contributed by atoms with Crippen molar-refractivity contribution in [3.05, 3.63) is 29.1 Å². The molecule has 0 aliphatic rings. The van der Waals surface area contributed by atoms with Crippen LogP contribution in [0.3, 0.4) is 0 Å². The fourth-order valence-corrected chi connectivity index (χ4v) is 2.87. The van der Waals surface area contributed by atoms with E-state index >= 15 is 0 Å². The van der Waals surface area contributed by atoms with Crippen LogP contribution in [0, 0.1) is 13.8 Å². The van der Waals surface area contributed by atoms with Crippen molar-refractivity contribution >= 4 is 0 Å². The van der Waals surface area contributed by atoms with Crippen LogP contribution in [0.5, 0.6) is 0 Å². The van der Waals surface area contributed by atoms with Gasteiger partial charge in [-0.15, -0.1) is 0 Å². The Labute approximate surface area is 130 Å². The van der Waals surface area contributed by atoms with Gasteiger partial charge in [-0.25, -0.2) is 0 Å². The van der Waals surface area contributed by atoms with Crippen LogP contribution in [-0.2, 0) is 0 Å². The number of unbranched alkanes of at least 4 members (excludes halogenated alkanes) is 7. The molecule has 0 aliphatic heterocycles. The molecule has 0 amide bonds. The molecule has 0 saturated heterocycles. The number of aromatic nitrogens is 1. The average Bonchev–Trinajstić information content (AvgIpc) is 2.47. The van der Waals surface area contributed by atoms with Gasteiger partial charge in [-0.1, -0.05) is 64.4 Å². The monoisotopic (exact) mass is 291 g/mol. The molecule has 1 unspecified atom stereocenters. The van der Waals surface area contributed by atoms with Gasteiger partial charge in [0.1, 0.15) is 0 Å². The van der Waals surface area contributed by atoms with Gasteiger partial charge < -0.3 is 0 Å². The number of hydrogen-bond donors (Lipinski definition) is 2. The first-order chi connectivity index (χ1) is 10.2. The number of nitrogens with zero attached hydrogens (tertiary/aromatic N) is 1. The van der Waals surface area contributed by atoms with Crippen LogP contribution in [0.25, 0.3) is 0 Å². The lowest BCUT2D eigenvalue weighted by Gasteiger charge is -2.17. The summed E-state index contributed by atoms with van der Waals surface area (Å²) in [4.78, 5) is 4.56. The Balaban J connectivity index is 2.25. The third kappa shape index (κ3) is 7.05. The van der Waals surface area contributed by atoms with Crippen molar-refractivity contribution in [2.45, 2.75) is 84.6 Å². The number of rotatable bonds is 11. The topological polar surface area (TPSA) is 50.9 Å². The van der Waals surface area contributed by atoms with E-state index in [2.05, 4.69) is 37.2 Å². The Morgan fingerprint density at radius 3 is 2.24 bits per heavy atom. The summed E-state index contributed by atoms with van der Waals surface area (Å²) in [5, 5.41) is 0. The number of hydrazine groups is 1. The van der Waals surface area contributed by atoms with Gasteiger partial charge in [-0.3, -0.25) is 16.3 Å². The minimum atomic E-state index is 0.186. The molecule has 1 atom stereocenters. The Morgan fingerprint density at radius 1 is 1.05 bits per heavy atom. The summed E-state index contributed by atoms with van der Waals surface area (Å²) < 4.78 is 0. The van der Waals surface area contributed by atoms with Gasteiger partial charge in [0, 0.05) is 6.20 Å². The number of aryl methyl sites for hydroxylation is 2. The SMILES string of the molecule is CCCCCCCCCCC(NN)c1ncc(C)cc1C. The maximum absolute atomic E-state index is 5.72. The van der Waals surface area contributed by atoms with Crippen molar-refractivity contribution in [3.8, 4) is 0 Å². The number of pyridine rings is 1. The molecule has 1 aromatic rings. The van der Waals surface area contributed by atoms with Gasteiger partial charge in [0.05, 0.1) is 11.7 Å². The third-order valence-electron chi connectivity index (χ3n) is 4.13. The van der Waals surface area contributed by atoms with E-state index in [1.165, 1.54) is 62.5 Å². The molecule has 0 saturated carbocycles. The largest absolute Gasteiger partial charge is 0.271 e. The Kier molecular flexibility index (Phi) is 9.27. The molecule has 1 aromatic heterocycles. The Hall–Kier alpha value is -0.930. The maximum atomic E-state index is 5.72. The quantitative estimate of drug-likeness (QED) is 0.352. The minimum absolute atomic E-state index is 0.186. The van der Waals surface area contributed by atoms with Crippen LogP contribution in [-0.4, -0.2) is 4.98 Å². The lowest BCUT2D eigenvalue weighted by molar-refractivity contribution is 0.465. The first kappa shape index (κ1) is 18.1. The molecule has 0 spiro atoms. The fraction of sp³-hybridized carbons (Fsp3) is 0.722. The summed E-state index contributed by atoms with van der Waals surface area (Å²) in [5.74, 6) is 5.72. The molecule has 0 aromatic carbocycles. The smallest absolute Gasteiger partial charge is 0.0634 e. The maximum Gasteiger partial charge on any atom is 0.0634 e. The zero-order chi connectivity index (χ0) is 15.5. The molecule has 3 heteroatoms. The molecule has 120 valence electrons. The van der Waals surface area contributed by atoms with Crippen molar-refractivity contribution in [2.24, 2.45) is 5.84 Å². The summed E-state index contributed by atoms with van der Waals surface area (Å²) >= 11 is 0. The van der Waals surface area contributed by atoms with Gasteiger partial charge in [0.25, 0.3) is 0 Å². The lowest BCUT2D eigenvalue weighted by atomic mass is 10.00. The van der Waals surface area contributed by atoms with Gasteiger partial charge in [0.15, 0.2) is 0 Å². The Bertz CT molecular complexity index is 390. The predicted molar refractivity (Wildman–Crippen MR) is 91.0 cm³/mol. The highest BCUT2D eigenvalue weighted by Crippen LogP contribution is 2.21. The molecule has 3 nitrogen and oxygen atoms in total. The van der Waals surface area contributed by atoms with Crippen LogP contribution in [0.2, 0.25) is 0 Å². The normalized spacial score (nSPS) is 12.6. The van der Waals surface area contributed by atoms with E-state index in [-0.39, 0.29) is 6.04 Å². The molecule has 0 aliphatic carbocycles. The van der Waals surface area contributed by atoms with Crippen molar-refractivity contribution in [3.63, 3.8) is 0 Å². The van der Waals surface area contributed by atoms with E-state index in [4.69, 9.17) is 5.84 Å². The highest BCUT2D eigenvalue weighted by Gasteiger charge is 2.13. The van der Waals surface area contributed by atoms with Gasteiger partial charge in [0.2, 0.25) is 0 Å². The standard InChI is InChI=1S/C18H33N3/c1-4-5-6-7-8-9-10-11-12-17(21-19)18-16(3)13-15(2)14-20-18/h13-14,17,21H,4-12,19H2,1-3H3. The van der Waals surface area contributed by atoms with E-state index in [1.807, 2.05) is 6.20 Å². The molecular formula is C18H33N3. The first-order valence-electron chi connectivity index (χ1n) is 8.58. The van der Waals surface area contributed by atoms with Crippen LogP contribution in [0.15, 0.2) is 12.3 Å². The summed E-state index contributed by atoms with van der Waals surface area (Å²) in [6.45, 7) is 6.46. The third-order valence-corrected chi connectivity index (χ3v) is 4.13. The second-order valence-electron chi connectivity index (χ2n) is 6.20. The van der Waals surface area contributed by atoms with Crippen molar-refractivity contribution in [1.29, 1.82) is 0 Å². The van der Waals surface area contributed by atoms with E-state index < -0.39 is 0 Å². The summed E-state index contributed by atoms with van der Waals surface area (Å²) in [6.07, 6.45) is 13.8. The van der Waals surface area contributed by atoms with Crippen LogP contribution in [0.1, 0.15) is 87.6 Å². The second kappa shape index (κ2) is 10.7. The molecule has 1 rings (SSSR count).